The van der Waals surface area contributed by atoms with E-state index in [2.05, 4.69) is 57.8 Å². The summed E-state index contributed by atoms with van der Waals surface area (Å²) >= 11 is 0. The Morgan fingerprint density at radius 1 is 1.05 bits per heavy atom. The summed E-state index contributed by atoms with van der Waals surface area (Å²) in [6.07, 6.45) is 5.18. The number of rotatable bonds is 5. The van der Waals surface area contributed by atoms with Gasteiger partial charge in [-0.1, -0.05) is 53.6 Å². The standard InChI is InChI=1S/C31H28N8O2/c1-2-6-29(40)37-16-13-23(14-17-37)33-25-20-41-26-19-22(9-10-24(25)26)30-31(21-7-4-3-5-8-21)39-27(34-30)11-12-28(35-39)38-18-15-32-36-38/h3-5,7-12,15,18-19,23,25,33H,13-14,16-17,20H2,1H3/t25-/m0/s1. The Labute approximate surface area is 237 Å². The molecule has 1 saturated heterocycles. The molecular formula is C31H28N8O2. The third-order valence-electron chi connectivity index (χ3n) is 7.69. The first kappa shape index (κ1) is 25.0. The number of hydrogen-bond donors (Lipinski definition) is 1. The van der Waals surface area contributed by atoms with Gasteiger partial charge in [-0.2, -0.15) is 0 Å². The molecule has 1 amide bonds. The van der Waals surface area contributed by atoms with Crippen molar-refractivity contribution < 1.29 is 9.53 Å². The molecule has 1 fully saturated rings. The number of fused-ring (bicyclic) bond motifs is 2. The normalized spacial score (nSPS) is 16.7. The molecule has 1 atom stereocenters. The predicted octanol–water partition coefficient (Wildman–Crippen LogP) is 3.68. The maximum atomic E-state index is 12.1. The highest BCUT2D eigenvalue weighted by Gasteiger charge is 2.30. The summed E-state index contributed by atoms with van der Waals surface area (Å²) in [5.74, 6) is 6.77. The van der Waals surface area contributed by atoms with Crippen molar-refractivity contribution in [2.75, 3.05) is 19.7 Å². The first-order valence-electron chi connectivity index (χ1n) is 13.7. The van der Waals surface area contributed by atoms with Crippen LogP contribution in [-0.2, 0) is 4.79 Å². The summed E-state index contributed by atoms with van der Waals surface area (Å²) in [7, 11) is 0. The molecule has 5 heterocycles. The number of carbonyl (C=O) groups is 1. The van der Waals surface area contributed by atoms with Gasteiger partial charge in [-0.25, -0.2) is 14.2 Å². The zero-order chi connectivity index (χ0) is 27.8. The van der Waals surface area contributed by atoms with Crippen LogP contribution in [0.2, 0.25) is 0 Å². The Morgan fingerprint density at radius 3 is 2.68 bits per heavy atom. The summed E-state index contributed by atoms with van der Waals surface area (Å²) in [6, 6.07) is 20.7. The van der Waals surface area contributed by atoms with E-state index in [1.165, 1.54) is 0 Å². The Hall–Kier alpha value is -5.01. The minimum Gasteiger partial charge on any atom is -0.491 e. The van der Waals surface area contributed by atoms with E-state index in [1.54, 1.807) is 24.0 Å². The fraction of sp³-hybridized carbons (Fsp3) is 0.258. The second-order valence-electron chi connectivity index (χ2n) is 10.2. The first-order chi connectivity index (χ1) is 20.2. The van der Waals surface area contributed by atoms with Crippen LogP contribution in [0.3, 0.4) is 0 Å². The molecule has 7 rings (SSSR count). The van der Waals surface area contributed by atoms with Crippen LogP contribution < -0.4 is 10.1 Å². The van der Waals surface area contributed by atoms with Gasteiger partial charge in [0, 0.05) is 35.8 Å². The highest BCUT2D eigenvalue weighted by Crippen LogP contribution is 2.39. The molecule has 2 aromatic carbocycles. The average molecular weight is 545 g/mol. The molecular weight excluding hydrogens is 516 g/mol. The number of amides is 1. The van der Waals surface area contributed by atoms with E-state index in [-0.39, 0.29) is 11.9 Å². The Morgan fingerprint density at radius 2 is 1.90 bits per heavy atom. The van der Waals surface area contributed by atoms with Crippen molar-refractivity contribution in [2.45, 2.75) is 31.8 Å². The van der Waals surface area contributed by atoms with E-state index in [0.717, 1.165) is 52.3 Å². The molecule has 10 nitrogen and oxygen atoms in total. The fourth-order valence-corrected chi connectivity index (χ4v) is 5.65. The number of nitrogens with zero attached hydrogens (tertiary/aromatic N) is 7. The van der Waals surface area contributed by atoms with Crippen LogP contribution in [0.25, 0.3) is 34.0 Å². The second-order valence-corrected chi connectivity index (χ2v) is 10.2. The largest absolute Gasteiger partial charge is 0.491 e. The zero-order valence-corrected chi connectivity index (χ0v) is 22.6. The van der Waals surface area contributed by atoms with Gasteiger partial charge in [0.2, 0.25) is 0 Å². The zero-order valence-electron chi connectivity index (χ0n) is 22.6. The van der Waals surface area contributed by atoms with Crippen molar-refractivity contribution in [3.05, 3.63) is 78.6 Å². The van der Waals surface area contributed by atoms with Crippen LogP contribution in [0.1, 0.15) is 31.4 Å². The van der Waals surface area contributed by atoms with Crippen LogP contribution in [0.5, 0.6) is 5.75 Å². The number of carbonyl (C=O) groups excluding carboxylic acids is 1. The molecule has 10 heteroatoms. The third-order valence-corrected chi connectivity index (χ3v) is 7.69. The monoisotopic (exact) mass is 544 g/mol. The topological polar surface area (TPSA) is 102 Å². The van der Waals surface area contributed by atoms with Crippen molar-refractivity contribution in [1.82, 2.24) is 39.8 Å². The lowest BCUT2D eigenvalue weighted by Gasteiger charge is -2.32. The van der Waals surface area contributed by atoms with E-state index < -0.39 is 0 Å². The van der Waals surface area contributed by atoms with Crippen LogP contribution in [0.15, 0.2) is 73.1 Å². The minimum absolute atomic E-state index is 0.0836. The van der Waals surface area contributed by atoms with Gasteiger partial charge >= 0.3 is 0 Å². The van der Waals surface area contributed by atoms with Crippen molar-refractivity contribution >= 4 is 11.6 Å². The number of nitrogens with one attached hydrogen (secondary N) is 1. The number of piperidine rings is 1. The number of aromatic nitrogens is 6. The van der Waals surface area contributed by atoms with Gasteiger partial charge in [0.15, 0.2) is 11.5 Å². The lowest BCUT2D eigenvalue weighted by molar-refractivity contribution is -0.126. The van der Waals surface area contributed by atoms with E-state index in [9.17, 15) is 4.79 Å². The maximum absolute atomic E-state index is 12.1. The van der Waals surface area contributed by atoms with E-state index in [4.69, 9.17) is 14.8 Å². The lowest BCUT2D eigenvalue weighted by atomic mass is 9.99. The van der Waals surface area contributed by atoms with Gasteiger partial charge in [0.05, 0.1) is 24.1 Å². The van der Waals surface area contributed by atoms with Gasteiger partial charge in [-0.05, 0) is 43.9 Å². The number of imidazole rings is 1. The maximum Gasteiger partial charge on any atom is 0.298 e. The van der Waals surface area contributed by atoms with Gasteiger partial charge in [-0.3, -0.25) is 4.79 Å². The predicted molar refractivity (Wildman–Crippen MR) is 153 cm³/mol. The molecule has 0 radical (unpaired) electrons. The van der Waals surface area contributed by atoms with Crippen molar-refractivity contribution in [3.63, 3.8) is 0 Å². The quantitative estimate of drug-likeness (QED) is 0.337. The lowest BCUT2D eigenvalue weighted by Crippen LogP contribution is -2.45. The average Bonchev–Trinajstić information content (AvgIpc) is 3.77. The fourth-order valence-electron chi connectivity index (χ4n) is 5.65. The van der Waals surface area contributed by atoms with Crippen molar-refractivity contribution in [1.29, 1.82) is 0 Å². The highest BCUT2D eigenvalue weighted by molar-refractivity contribution is 5.93. The molecule has 2 aliphatic heterocycles. The van der Waals surface area contributed by atoms with Crippen LogP contribution in [0, 0.1) is 11.8 Å². The SMILES string of the molecule is CC#CC(=O)N1CCC(N[C@H]2COc3cc(-c4nc5ccc(-n6ccnn6)nn5c4-c4ccccc4)ccc32)CC1. The van der Waals surface area contributed by atoms with Crippen molar-refractivity contribution in [3.8, 4) is 45.9 Å². The van der Waals surface area contributed by atoms with Crippen molar-refractivity contribution in [2.24, 2.45) is 0 Å². The van der Waals surface area contributed by atoms with E-state index >= 15 is 0 Å². The summed E-state index contributed by atoms with van der Waals surface area (Å²) in [5.41, 5.74) is 5.56. The molecule has 0 unspecified atom stereocenters. The van der Waals surface area contributed by atoms with Crippen LogP contribution in [0.4, 0.5) is 0 Å². The summed E-state index contributed by atoms with van der Waals surface area (Å²) < 4.78 is 9.67. The van der Waals surface area contributed by atoms with Gasteiger partial charge < -0.3 is 15.0 Å². The molecule has 5 aromatic rings. The minimum atomic E-state index is -0.0836. The van der Waals surface area contributed by atoms with Gasteiger partial charge in [0.1, 0.15) is 18.1 Å². The molecule has 0 bridgehead atoms. The summed E-state index contributed by atoms with van der Waals surface area (Å²) in [4.78, 5) is 18.9. The molecule has 0 aliphatic carbocycles. The van der Waals surface area contributed by atoms with Gasteiger partial charge in [-0.15, -0.1) is 10.2 Å². The smallest absolute Gasteiger partial charge is 0.298 e. The molecule has 1 N–H and O–H groups in total. The molecule has 3 aromatic heterocycles. The molecule has 0 spiro atoms. The van der Waals surface area contributed by atoms with E-state index in [0.29, 0.717) is 31.6 Å². The second kappa shape index (κ2) is 10.5. The van der Waals surface area contributed by atoms with Gasteiger partial charge in [0.25, 0.3) is 5.91 Å². The summed E-state index contributed by atoms with van der Waals surface area (Å²) in [6.45, 7) is 3.69. The highest BCUT2D eigenvalue weighted by atomic mass is 16.5. The Kier molecular flexibility index (Phi) is 6.41. The van der Waals surface area contributed by atoms with Crippen LogP contribution >= 0.6 is 0 Å². The molecule has 204 valence electrons. The molecule has 41 heavy (non-hydrogen) atoms. The number of hydrogen-bond acceptors (Lipinski definition) is 7. The third kappa shape index (κ3) is 4.70. The van der Waals surface area contributed by atoms with Crippen LogP contribution in [-0.4, -0.2) is 66.1 Å². The number of benzene rings is 2. The Bertz CT molecular complexity index is 1780. The first-order valence-corrected chi connectivity index (χ1v) is 13.7. The number of ether oxygens (including phenoxy) is 1. The van der Waals surface area contributed by atoms with E-state index in [1.807, 2.05) is 39.7 Å². The summed E-state index contributed by atoms with van der Waals surface area (Å²) in [5, 5.41) is 16.6. The Balaban J connectivity index is 1.18. The molecule has 2 aliphatic rings. The number of likely N-dealkylation sites (tertiary alicyclic amines) is 1. The molecule has 0 saturated carbocycles.